The second-order valence-corrected chi connectivity index (χ2v) is 5.96. The van der Waals surface area contributed by atoms with Gasteiger partial charge in [0.15, 0.2) is 0 Å². The van der Waals surface area contributed by atoms with E-state index in [1.54, 1.807) is 0 Å². The molecule has 0 amide bonds. The summed E-state index contributed by atoms with van der Waals surface area (Å²) in [4.78, 5) is 0. The second kappa shape index (κ2) is 9.70. The Labute approximate surface area is 134 Å². The maximum atomic E-state index is 5.79. The fourth-order valence-electron chi connectivity index (χ4n) is 2.49. The highest BCUT2D eigenvalue weighted by atomic mass is 16.5. The number of fused-ring (bicyclic) bond motifs is 1. The molecule has 2 N–H and O–H groups in total. The van der Waals surface area contributed by atoms with Crippen LogP contribution in [0, 0.1) is 0 Å². The Hall–Kier alpha value is -1.26. The minimum absolute atomic E-state index is 0.250. The lowest BCUT2D eigenvalue weighted by atomic mass is 10.1. The summed E-state index contributed by atoms with van der Waals surface area (Å²) in [6, 6.07) is 6.44. The molecule has 1 aliphatic rings. The average Bonchev–Trinajstić information content (AvgIpc) is 2.53. The molecule has 0 spiro atoms. The molecule has 1 unspecified atom stereocenters. The third-order valence-corrected chi connectivity index (χ3v) is 3.83. The quantitative estimate of drug-likeness (QED) is 0.651. The summed E-state index contributed by atoms with van der Waals surface area (Å²) in [5, 5.41) is 6.91. The van der Waals surface area contributed by atoms with Crippen LogP contribution in [-0.4, -0.2) is 39.0 Å². The van der Waals surface area contributed by atoms with E-state index in [9.17, 15) is 0 Å². The van der Waals surface area contributed by atoms with E-state index in [4.69, 9.17) is 9.47 Å². The number of hydrogen-bond donors (Lipinski definition) is 2. The van der Waals surface area contributed by atoms with Crippen LogP contribution >= 0.6 is 0 Å². The highest BCUT2D eigenvalue weighted by Gasteiger charge is 2.15. The Bertz CT molecular complexity index is 437. The second-order valence-electron chi connectivity index (χ2n) is 5.96. The molecule has 124 valence electrons. The number of rotatable bonds is 10. The van der Waals surface area contributed by atoms with E-state index in [1.165, 1.54) is 18.4 Å². The van der Waals surface area contributed by atoms with Crippen LogP contribution < -0.4 is 15.4 Å². The van der Waals surface area contributed by atoms with Gasteiger partial charge < -0.3 is 20.1 Å². The zero-order chi connectivity index (χ0) is 15.6. The van der Waals surface area contributed by atoms with Crippen molar-refractivity contribution in [2.75, 3.05) is 38.2 Å². The number of hydrogen-bond acceptors (Lipinski definition) is 4. The summed E-state index contributed by atoms with van der Waals surface area (Å²) >= 11 is 0. The summed E-state index contributed by atoms with van der Waals surface area (Å²) in [6.07, 6.45) is 4.75. The van der Waals surface area contributed by atoms with Crippen LogP contribution in [0.25, 0.3) is 0 Å². The molecular formula is C18H30N2O2. The first-order valence-electron chi connectivity index (χ1n) is 8.61. The molecule has 4 nitrogen and oxygen atoms in total. The van der Waals surface area contributed by atoms with Crippen LogP contribution in [0.4, 0.5) is 5.69 Å². The molecule has 1 heterocycles. The van der Waals surface area contributed by atoms with Crippen molar-refractivity contribution in [3.63, 3.8) is 0 Å². The van der Waals surface area contributed by atoms with Crippen molar-refractivity contribution in [2.45, 2.75) is 45.6 Å². The normalized spacial score (nSPS) is 16.7. The molecule has 0 saturated heterocycles. The van der Waals surface area contributed by atoms with Crippen LogP contribution in [0.2, 0.25) is 0 Å². The fourth-order valence-corrected chi connectivity index (χ4v) is 2.49. The maximum absolute atomic E-state index is 5.79. The van der Waals surface area contributed by atoms with Crippen LogP contribution in [0.5, 0.6) is 5.75 Å². The van der Waals surface area contributed by atoms with E-state index in [0.29, 0.717) is 0 Å². The van der Waals surface area contributed by atoms with Crippen molar-refractivity contribution in [1.29, 1.82) is 0 Å². The van der Waals surface area contributed by atoms with E-state index in [1.807, 2.05) is 0 Å². The summed E-state index contributed by atoms with van der Waals surface area (Å²) in [5.41, 5.74) is 2.47. The maximum Gasteiger partial charge on any atom is 0.142 e. The number of nitrogens with one attached hydrogen (secondary N) is 2. The molecule has 2 rings (SSSR count). The van der Waals surface area contributed by atoms with Crippen molar-refractivity contribution in [3.8, 4) is 5.75 Å². The Morgan fingerprint density at radius 1 is 1.27 bits per heavy atom. The van der Waals surface area contributed by atoms with Gasteiger partial charge >= 0.3 is 0 Å². The number of unbranched alkanes of at least 4 members (excludes halogenated alkanes) is 1. The van der Waals surface area contributed by atoms with Crippen molar-refractivity contribution < 1.29 is 9.47 Å². The van der Waals surface area contributed by atoms with Gasteiger partial charge in [0.25, 0.3) is 0 Å². The number of anilines is 1. The largest absolute Gasteiger partial charge is 0.487 e. The van der Waals surface area contributed by atoms with Crippen LogP contribution in [0.3, 0.4) is 0 Å². The summed E-state index contributed by atoms with van der Waals surface area (Å²) in [6.45, 7) is 8.95. The Morgan fingerprint density at radius 3 is 3.00 bits per heavy atom. The molecule has 0 saturated carbocycles. The molecule has 1 atom stereocenters. The van der Waals surface area contributed by atoms with Gasteiger partial charge in [0.1, 0.15) is 11.9 Å². The minimum atomic E-state index is 0.250. The lowest BCUT2D eigenvalue weighted by Gasteiger charge is -2.25. The fraction of sp³-hybridized carbons (Fsp3) is 0.667. The van der Waals surface area contributed by atoms with Crippen LogP contribution in [0.15, 0.2) is 18.2 Å². The van der Waals surface area contributed by atoms with Crippen LogP contribution in [0.1, 0.15) is 38.7 Å². The molecule has 1 aromatic carbocycles. The van der Waals surface area contributed by atoms with Crippen molar-refractivity contribution >= 4 is 5.69 Å². The smallest absolute Gasteiger partial charge is 0.142 e. The van der Waals surface area contributed by atoms with Gasteiger partial charge in [-0.2, -0.15) is 0 Å². The topological polar surface area (TPSA) is 42.5 Å². The minimum Gasteiger partial charge on any atom is -0.487 e. The van der Waals surface area contributed by atoms with Gasteiger partial charge in [-0.05, 0) is 57.0 Å². The molecule has 0 bridgehead atoms. The lowest BCUT2D eigenvalue weighted by Crippen LogP contribution is -2.27. The molecule has 1 aliphatic heterocycles. The Kier molecular flexibility index (Phi) is 7.54. The molecule has 22 heavy (non-hydrogen) atoms. The first-order chi connectivity index (χ1) is 10.8. The van der Waals surface area contributed by atoms with Gasteiger partial charge in [0.05, 0.1) is 12.2 Å². The molecule has 1 aromatic rings. The number of benzene rings is 1. The molecule has 0 fully saturated rings. The zero-order valence-electron chi connectivity index (χ0n) is 14.0. The number of ether oxygens (including phenoxy) is 2. The highest BCUT2D eigenvalue weighted by molar-refractivity contribution is 5.59. The summed E-state index contributed by atoms with van der Waals surface area (Å²) < 4.78 is 11.3. The van der Waals surface area contributed by atoms with E-state index in [0.717, 1.165) is 57.1 Å². The van der Waals surface area contributed by atoms with E-state index in [-0.39, 0.29) is 6.10 Å². The SMILES string of the molecule is CCCCOCCCNCCc1ccc2c(c1)NCC(C)O2. The van der Waals surface area contributed by atoms with Gasteiger partial charge in [-0.25, -0.2) is 0 Å². The first-order valence-corrected chi connectivity index (χ1v) is 8.61. The third-order valence-electron chi connectivity index (χ3n) is 3.83. The molecule has 4 heteroatoms. The average molecular weight is 306 g/mol. The highest BCUT2D eigenvalue weighted by Crippen LogP contribution is 2.29. The van der Waals surface area contributed by atoms with Gasteiger partial charge in [-0.15, -0.1) is 0 Å². The van der Waals surface area contributed by atoms with E-state index >= 15 is 0 Å². The third kappa shape index (κ3) is 5.85. The van der Waals surface area contributed by atoms with Crippen LogP contribution in [-0.2, 0) is 11.2 Å². The Balaban J connectivity index is 1.58. The summed E-state index contributed by atoms with van der Waals surface area (Å²) in [5.74, 6) is 0.972. The van der Waals surface area contributed by atoms with Gasteiger partial charge in [-0.1, -0.05) is 19.4 Å². The van der Waals surface area contributed by atoms with Crippen molar-refractivity contribution in [2.24, 2.45) is 0 Å². The lowest BCUT2D eigenvalue weighted by molar-refractivity contribution is 0.129. The molecule has 0 radical (unpaired) electrons. The standard InChI is InChI=1S/C18H30N2O2/c1-3-4-11-21-12-5-9-19-10-8-16-6-7-18-17(13-16)20-14-15(2)22-18/h6-7,13,15,19-20H,3-5,8-12,14H2,1-2H3. The van der Waals surface area contributed by atoms with E-state index in [2.05, 4.69) is 42.7 Å². The van der Waals surface area contributed by atoms with Crippen molar-refractivity contribution in [3.05, 3.63) is 23.8 Å². The summed E-state index contributed by atoms with van der Waals surface area (Å²) in [7, 11) is 0. The predicted octanol–water partition coefficient (Wildman–Crippen LogP) is 3.22. The zero-order valence-corrected chi connectivity index (χ0v) is 14.0. The molecule has 0 aromatic heterocycles. The molecular weight excluding hydrogens is 276 g/mol. The first kappa shape index (κ1) is 17.1. The van der Waals surface area contributed by atoms with Gasteiger partial charge in [0.2, 0.25) is 0 Å². The monoisotopic (exact) mass is 306 g/mol. The van der Waals surface area contributed by atoms with Gasteiger partial charge in [-0.3, -0.25) is 0 Å². The molecule has 0 aliphatic carbocycles. The predicted molar refractivity (Wildman–Crippen MR) is 91.9 cm³/mol. The van der Waals surface area contributed by atoms with Crippen molar-refractivity contribution in [1.82, 2.24) is 5.32 Å². The van der Waals surface area contributed by atoms with Gasteiger partial charge in [0, 0.05) is 13.2 Å². The van der Waals surface area contributed by atoms with E-state index < -0.39 is 0 Å². The Morgan fingerprint density at radius 2 is 2.14 bits per heavy atom.